The zero-order valence-corrected chi connectivity index (χ0v) is 11.7. The molecule has 0 bridgehead atoms. The molecular weight excluding hydrogens is 344 g/mol. The Bertz CT molecular complexity index is 402. The number of carbonyl (C=O) groups is 2. The molecule has 0 aliphatic heterocycles. The predicted molar refractivity (Wildman–Crippen MR) is 64.5 cm³/mol. The lowest BCUT2D eigenvalue weighted by atomic mass is 10.1. The predicted octanol–water partition coefficient (Wildman–Crippen LogP) is 2.78. The first kappa shape index (κ1) is 13.2. The minimum absolute atomic E-state index is 0.142. The second-order valence-electron chi connectivity index (χ2n) is 2.76. The van der Waals surface area contributed by atoms with Gasteiger partial charge in [0.25, 0.3) is 0 Å². The van der Waals surface area contributed by atoms with Gasteiger partial charge in [-0.2, -0.15) is 0 Å². The zero-order chi connectivity index (χ0) is 12.3. The van der Waals surface area contributed by atoms with Crippen molar-refractivity contribution in [1.82, 2.24) is 0 Å². The van der Waals surface area contributed by atoms with Crippen molar-refractivity contribution < 1.29 is 19.1 Å². The van der Waals surface area contributed by atoms with Crippen LogP contribution in [-0.4, -0.2) is 26.2 Å². The van der Waals surface area contributed by atoms with Crippen molar-refractivity contribution in [3.63, 3.8) is 0 Å². The van der Waals surface area contributed by atoms with E-state index in [4.69, 9.17) is 0 Å². The van der Waals surface area contributed by atoms with Crippen LogP contribution in [0.25, 0.3) is 0 Å². The van der Waals surface area contributed by atoms with E-state index in [9.17, 15) is 9.59 Å². The fourth-order valence-electron chi connectivity index (χ4n) is 1.16. The molecule has 1 rings (SSSR count). The topological polar surface area (TPSA) is 52.6 Å². The molecule has 0 heterocycles. The van der Waals surface area contributed by atoms with Crippen LogP contribution in [-0.2, 0) is 9.47 Å². The number of hydrogen-bond acceptors (Lipinski definition) is 4. The summed E-state index contributed by atoms with van der Waals surface area (Å²) < 4.78 is 10.2. The van der Waals surface area contributed by atoms with E-state index in [1.807, 2.05) is 0 Å². The molecule has 0 aromatic heterocycles. The van der Waals surface area contributed by atoms with E-state index in [-0.39, 0.29) is 11.1 Å². The summed E-state index contributed by atoms with van der Waals surface area (Å²) in [6.07, 6.45) is 0. The van der Waals surface area contributed by atoms with Gasteiger partial charge in [-0.25, -0.2) is 9.59 Å². The summed E-state index contributed by atoms with van der Waals surface area (Å²) in [5, 5.41) is 0. The van der Waals surface area contributed by atoms with Gasteiger partial charge >= 0.3 is 11.9 Å². The van der Waals surface area contributed by atoms with Crippen molar-refractivity contribution >= 4 is 43.8 Å². The quantitative estimate of drug-likeness (QED) is 0.769. The second-order valence-corrected chi connectivity index (χ2v) is 4.47. The third-order valence-corrected chi connectivity index (χ3v) is 3.20. The smallest absolute Gasteiger partial charge is 0.339 e. The van der Waals surface area contributed by atoms with Gasteiger partial charge in [-0.05, 0) is 44.0 Å². The number of carbonyl (C=O) groups excluding carboxylic acids is 2. The van der Waals surface area contributed by atoms with Gasteiger partial charge in [0.2, 0.25) is 0 Å². The van der Waals surface area contributed by atoms with Crippen molar-refractivity contribution in [2.75, 3.05) is 14.2 Å². The van der Waals surface area contributed by atoms with Gasteiger partial charge in [0.05, 0.1) is 25.3 Å². The van der Waals surface area contributed by atoms with Crippen LogP contribution in [0.4, 0.5) is 0 Å². The molecule has 1 aromatic rings. The number of methoxy groups -OCH3 is 2. The molecule has 0 atom stereocenters. The van der Waals surface area contributed by atoms with Crippen molar-refractivity contribution in [3.8, 4) is 0 Å². The Morgan fingerprint density at radius 3 is 1.50 bits per heavy atom. The molecule has 1 aromatic carbocycles. The highest BCUT2D eigenvalue weighted by Crippen LogP contribution is 2.28. The molecule has 0 saturated carbocycles. The summed E-state index contributed by atoms with van der Waals surface area (Å²) in [5.74, 6) is -1.21. The van der Waals surface area contributed by atoms with E-state index in [0.717, 1.165) is 0 Å². The molecule has 16 heavy (non-hydrogen) atoms. The average molecular weight is 352 g/mol. The number of halogens is 2. The minimum atomic E-state index is -0.603. The second kappa shape index (κ2) is 5.45. The van der Waals surface area contributed by atoms with Crippen LogP contribution in [0.2, 0.25) is 0 Å². The number of benzene rings is 1. The molecule has 0 fully saturated rings. The number of ether oxygens (including phenoxy) is 2. The fraction of sp³-hybridized carbons (Fsp3) is 0.200. The summed E-state index contributed by atoms with van der Waals surface area (Å²) in [6.45, 7) is 0. The summed E-state index contributed by atoms with van der Waals surface area (Å²) >= 11 is 6.38. The van der Waals surface area contributed by atoms with Crippen LogP contribution >= 0.6 is 31.9 Å². The van der Waals surface area contributed by atoms with E-state index in [2.05, 4.69) is 41.3 Å². The normalized spacial score (nSPS) is 9.75. The molecule has 0 amide bonds. The monoisotopic (exact) mass is 350 g/mol. The maximum absolute atomic E-state index is 11.5. The van der Waals surface area contributed by atoms with E-state index >= 15 is 0 Å². The van der Waals surface area contributed by atoms with Gasteiger partial charge in [-0.15, -0.1) is 0 Å². The maximum Gasteiger partial charge on any atom is 0.339 e. The third-order valence-electron chi connectivity index (χ3n) is 1.88. The van der Waals surface area contributed by atoms with Crippen molar-refractivity contribution in [2.45, 2.75) is 0 Å². The van der Waals surface area contributed by atoms with Gasteiger partial charge < -0.3 is 9.47 Å². The molecule has 0 aliphatic carbocycles. The van der Waals surface area contributed by atoms with Crippen LogP contribution in [0.5, 0.6) is 0 Å². The first-order valence-corrected chi connectivity index (χ1v) is 5.76. The van der Waals surface area contributed by atoms with Gasteiger partial charge in [0, 0.05) is 8.95 Å². The van der Waals surface area contributed by atoms with Crippen LogP contribution in [0.1, 0.15) is 20.7 Å². The largest absolute Gasteiger partial charge is 0.465 e. The van der Waals surface area contributed by atoms with Gasteiger partial charge in [0.1, 0.15) is 0 Å². The summed E-state index contributed by atoms with van der Waals surface area (Å²) in [4.78, 5) is 23.1. The fourth-order valence-corrected chi connectivity index (χ4v) is 2.14. The molecule has 6 heteroatoms. The molecular formula is C10H8Br2O4. The Kier molecular flexibility index (Phi) is 4.49. The summed E-state index contributed by atoms with van der Waals surface area (Å²) in [6, 6.07) is 3.28. The number of rotatable bonds is 2. The zero-order valence-electron chi connectivity index (χ0n) is 8.54. The highest BCUT2D eigenvalue weighted by Gasteiger charge is 2.24. The van der Waals surface area contributed by atoms with Crippen molar-refractivity contribution in [1.29, 1.82) is 0 Å². The van der Waals surface area contributed by atoms with Crippen LogP contribution in [0.15, 0.2) is 21.1 Å². The van der Waals surface area contributed by atoms with Crippen LogP contribution in [0.3, 0.4) is 0 Å². The number of hydrogen-bond donors (Lipinski definition) is 0. The van der Waals surface area contributed by atoms with Crippen LogP contribution < -0.4 is 0 Å². The minimum Gasteiger partial charge on any atom is -0.465 e. The highest BCUT2D eigenvalue weighted by molar-refractivity contribution is 9.11. The van der Waals surface area contributed by atoms with Gasteiger partial charge in [-0.3, -0.25) is 0 Å². The average Bonchev–Trinajstić information content (AvgIpc) is 2.29. The number of esters is 2. The Morgan fingerprint density at radius 2 is 1.25 bits per heavy atom. The van der Waals surface area contributed by atoms with Gasteiger partial charge in [-0.1, -0.05) is 0 Å². The van der Waals surface area contributed by atoms with E-state index in [1.54, 1.807) is 12.1 Å². The van der Waals surface area contributed by atoms with E-state index < -0.39 is 11.9 Å². The molecule has 0 saturated heterocycles. The molecule has 0 unspecified atom stereocenters. The van der Waals surface area contributed by atoms with Crippen LogP contribution in [0, 0.1) is 0 Å². The summed E-state index contributed by atoms with van der Waals surface area (Å²) in [7, 11) is 2.49. The Balaban J connectivity index is 3.49. The first-order valence-electron chi connectivity index (χ1n) is 4.17. The van der Waals surface area contributed by atoms with Crippen molar-refractivity contribution in [3.05, 3.63) is 32.2 Å². The Morgan fingerprint density at radius 1 is 0.938 bits per heavy atom. The van der Waals surface area contributed by atoms with E-state index in [0.29, 0.717) is 8.95 Å². The molecule has 0 spiro atoms. The summed E-state index contributed by atoms with van der Waals surface area (Å²) in [5.41, 5.74) is 0.285. The lowest BCUT2D eigenvalue weighted by Crippen LogP contribution is -2.13. The lowest BCUT2D eigenvalue weighted by molar-refractivity contribution is 0.0553. The Hall–Kier alpha value is -0.880. The Labute approximate surface area is 109 Å². The lowest BCUT2D eigenvalue weighted by Gasteiger charge is -2.09. The standard InChI is InChI=1S/C10H8Br2O4/c1-15-9(13)7-5(11)3-4-6(12)8(7)10(14)16-2/h3-4H,1-2H3. The molecule has 86 valence electrons. The molecule has 0 aliphatic rings. The highest BCUT2D eigenvalue weighted by atomic mass is 79.9. The van der Waals surface area contributed by atoms with Gasteiger partial charge in [0.15, 0.2) is 0 Å². The maximum atomic E-state index is 11.5. The molecule has 4 nitrogen and oxygen atoms in total. The third kappa shape index (κ3) is 2.44. The van der Waals surface area contributed by atoms with Crippen molar-refractivity contribution in [2.24, 2.45) is 0 Å². The molecule has 0 N–H and O–H groups in total. The first-order chi connectivity index (χ1) is 7.52. The SMILES string of the molecule is COC(=O)c1c(Br)ccc(Br)c1C(=O)OC. The van der Waals surface area contributed by atoms with E-state index in [1.165, 1.54) is 14.2 Å². The molecule has 0 radical (unpaired) electrons.